The summed E-state index contributed by atoms with van der Waals surface area (Å²) >= 11 is 0. The fraction of sp³-hybridized carbons (Fsp3) is 0.680. The van der Waals surface area contributed by atoms with Gasteiger partial charge in [-0.2, -0.15) is 5.26 Å². The summed E-state index contributed by atoms with van der Waals surface area (Å²) in [6.45, 7) is 10.7. The Balaban J connectivity index is 1.20. The molecule has 10 nitrogen and oxygen atoms in total. The molecule has 1 aromatic rings. The second kappa shape index (κ2) is 10.7. The molecule has 3 fully saturated rings. The third-order valence-electron chi connectivity index (χ3n) is 6.70. The molecule has 190 valence electrons. The van der Waals surface area contributed by atoms with Crippen LogP contribution in [0.3, 0.4) is 0 Å². The lowest BCUT2D eigenvalue weighted by Gasteiger charge is -2.37. The number of carbonyl (C=O) groups excluding carboxylic acids is 2. The first-order chi connectivity index (χ1) is 16.7. The number of nitrogens with zero attached hydrogens (tertiary/aromatic N) is 6. The SMILES string of the molecule is CC(C)(C)OC(=O)N1CCC[C@H]1COC1CCN(C(=O)N2CCN(c3ccc(C#N)cn3)CC2)C1. The molecular formula is C25H36N6O4. The van der Waals surface area contributed by atoms with Crippen molar-refractivity contribution in [2.24, 2.45) is 0 Å². The molecule has 0 aliphatic carbocycles. The molecule has 1 unspecified atom stereocenters. The van der Waals surface area contributed by atoms with Crippen LogP contribution in [-0.2, 0) is 9.47 Å². The highest BCUT2D eigenvalue weighted by molar-refractivity contribution is 5.75. The van der Waals surface area contributed by atoms with Crippen molar-refractivity contribution in [3.63, 3.8) is 0 Å². The zero-order chi connectivity index (χ0) is 25.0. The predicted octanol–water partition coefficient (Wildman–Crippen LogP) is 2.69. The maximum atomic E-state index is 13.1. The molecule has 0 N–H and O–H groups in total. The Morgan fingerprint density at radius 1 is 1.09 bits per heavy atom. The van der Waals surface area contributed by atoms with E-state index in [1.807, 2.05) is 36.6 Å². The van der Waals surface area contributed by atoms with Gasteiger partial charge in [0.05, 0.1) is 24.3 Å². The van der Waals surface area contributed by atoms with Gasteiger partial charge < -0.3 is 29.1 Å². The van der Waals surface area contributed by atoms with Gasteiger partial charge in [0.15, 0.2) is 0 Å². The molecule has 0 spiro atoms. The summed E-state index contributed by atoms with van der Waals surface area (Å²) < 4.78 is 11.7. The number of piperazine rings is 1. The average molecular weight is 485 g/mol. The first kappa shape index (κ1) is 25.0. The molecule has 35 heavy (non-hydrogen) atoms. The van der Waals surface area contributed by atoms with Crippen molar-refractivity contribution in [3.8, 4) is 6.07 Å². The molecule has 3 aliphatic rings. The molecule has 10 heteroatoms. The van der Waals surface area contributed by atoms with E-state index in [0.29, 0.717) is 58.0 Å². The van der Waals surface area contributed by atoms with Crippen LogP contribution in [0.1, 0.15) is 45.6 Å². The molecular weight excluding hydrogens is 448 g/mol. The van der Waals surface area contributed by atoms with E-state index < -0.39 is 5.60 Å². The highest BCUT2D eigenvalue weighted by Gasteiger charge is 2.35. The summed E-state index contributed by atoms with van der Waals surface area (Å²) in [6.07, 6.45) is 3.96. The lowest BCUT2D eigenvalue weighted by Crippen LogP contribution is -2.52. The number of hydrogen-bond donors (Lipinski definition) is 0. The standard InChI is InChI=1S/C25H36N6O4/c1-25(2,3)35-24(33)31-9-4-5-20(31)18-34-21-8-10-30(17-21)23(32)29-13-11-28(12-14-29)22-7-6-19(15-26)16-27-22/h6-7,16,20-21H,4-5,8-14,17-18H2,1-3H3/t20-,21?/m0/s1. The van der Waals surface area contributed by atoms with E-state index in [1.165, 1.54) is 0 Å². The van der Waals surface area contributed by atoms with Crippen molar-refractivity contribution in [2.75, 3.05) is 57.3 Å². The fourth-order valence-corrected chi connectivity index (χ4v) is 4.82. The fourth-order valence-electron chi connectivity index (χ4n) is 4.82. The Bertz CT molecular complexity index is 933. The smallest absolute Gasteiger partial charge is 0.410 e. The molecule has 1 aromatic heterocycles. The second-order valence-corrected chi connectivity index (χ2v) is 10.4. The third kappa shape index (κ3) is 6.34. The Hall–Kier alpha value is -3.06. The van der Waals surface area contributed by atoms with Gasteiger partial charge in [-0.05, 0) is 52.2 Å². The summed E-state index contributed by atoms with van der Waals surface area (Å²) in [5, 5.41) is 8.93. The molecule has 3 aliphatic heterocycles. The molecule has 4 rings (SSSR count). The number of urea groups is 1. The molecule has 0 bridgehead atoms. The van der Waals surface area contributed by atoms with E-state index in [9.17, 15) is 9.59 Å². The van der Waals surface area contributed by atoms with E-state index in [1.54, 1.807) is 17.2 Å². The predicted molar refractivity (Wildman–Crippen MR) is 130 cm³/mol. The first-order valence-corrected chi connectivity index (χ1v) is 12.5. The van der Waals surface area contributed by atoms with Gasteiger partial charge in [0, 0.05) is 52.0 Å². The zero-order valence-electron chi connectivity index (χ0n) is 21.0. The average Bonchev–Trinajstić information content (AvgIpc) is 3.51. The van der Waals surface area contributed by atoms with Crippen LogP contribution >= 0.6 is 0 Å². The Morgan fingerprint density at radius 3 is 2.51 bits per heavy atom. The van der Waals surface area contributed by atoms with Crippen LogP contribution in [0.25, 0.3) is 0 Å². The topological polar surface area (TPSA) is 102 Å². The number of amides is 3. The van der Waals surface area contributed by atoms with E-state index in [-0.39, 0.29) is 24.3 Å². The maximum absolute atomic E-state index is 13.1. The number of hydrogen-bond acceptors (Lipinski definition) is 7. The van der Waals surface area contributed by atoms with E-state index in [2.05, 4.69) is 16.0 Å². The van der Waals surface area contributed by atoms with Crippen molar-refractivity contribution in [3.05, 3.63) is 23.9 Å². The first-order valence-electron chi connectivity index (χ1n) is 12.5. The number of rotatable bonds is 4. The van der Waals surface area contributed by atoms with E-state index in [4.69, 9.17) is 14.7 Å². The van der Waals surface area contributed by atoms with Crippen molar-refractivity contribution in [1.29, 1.82) is 5.26 Å². The van der Waals surface area contributed by atoms with Crippen molar-refractivity contribution < 1.29 is 19.1 Å². The summed E-state index contributed by atoms with van der Waals surface area (Å²) in [6, 6.07) is 5.78. The molecule has 2 atom stereocenters. The quantitative estimate of drug-likeness (QED) is 0.647. The lowest BCUT2D eigenvalue weighted by atomic mass is 10.2. The van der Waals surface area contributed by atoms with Gasteiger partial charge in [-0.25, -0.2) is 14.6 Å². The van der Waals surface area contributed by atoms with Gasteiger partial charge in [0.2, 0.25) is 0 Å². The second-order valence-electron chi connectivity index (χ2n) is 10.4. The number of anilines is 1. The van der Waals surface area contributed by atoms with Crippen LogP contribution in [0.15, 0.2) is 18.3 Å². The minimum Gasteiger partial charge on any atom is -0.444 e. The summed E-state index contributed by atoms with van der Waals surface area (Å²) in [5.41, 5.74) is 0.0281. The summed E-state index contributed by atoms with van der Waals surface area (Å²) in [7, 11) is 0. The van der Waals surface area contributed by atoms with Gasteiger partial charge >= 0.3 is 12.1 Å². The van der Waals surface area contributed by atoms with E-state index >= 15 is 0 Å². The Kier molecular flexibility index (Phi) is 7.65. The Morgan fingerprint density at radius 2 is 1.86 bits per heavy atom. The van der Waals surface area contributed by atoms with Gasteiger partial charge in [-0.15, -0.1) is 0 Å². The molecule has 4 heterocycles. The van der Waals surface area contributed by atoms with Crippen LogP contribution in [0.2, 0.25) is 0 Å². The minimum atomic E-state index is -0.512. The number of pyridine rings is 1. The minimum absolute atomic E-state index is 0.0100. The number of ether oxygens (including phenoxy) is 2. The lowest BCUT2D eigenvalue weighted by molar-refractivity contribution is -0.00237. The monoisotopic (exact) mass is 484 g/mol. The third-order valence-corrected chi connectivity index (χ3v) is 6.70. The van der Waals surface area contributed by atoms with Gasteiger partial charge in [0.25, 0.3) is 0 Å². The number of carbonyl (C=O) groups is 2. The van der Waals surface area contributed by atoms with Crippen molar-refractivity contribution >= 4 is 17.9 Å². The van der Waals surface area contributed by atoms with Crippen LogP contribution in [0, 0.1) is 11.3 Å². The number of likely N-dealkylation sites (tertiary alicyclic amines) is 2. The van der Waals surface area contributed by atoms with Crippen LogP contribution < -0.4 is 4.90 Å². The number of nitriles is 1. The molecule has 0 saturated carbocycles. The van der Waals surface area contributed by atoms with Crippen molar-refractivity contribution in [1.82, 2.24) is 19.7 Å². The van der Waals surface area contributed by atoms with Gasteiger partial charge in [-0.3, -0.25) is 0 Å². The highest BCUT2D eigenvalue weighted by Crippen LogP contribution is 2.23. The summed E-state index contributed by atoms with van der Waals surface area (Å²) in [4.78, 5) is 37.6. The normalized spacial score (nSPS) is 22.9. The van der Waals surface area contributed by atoms with Crippen LogP contribution in [0.4, 0.5) is 15.4 Å². The van der Waals surface area contributed by atoms with Gasteiger partial charge in [0.1, 0.15) is 17.5 Å². The van der Waals surface area contributed by atoms with E-state index in [0.717, 1.165) is 25.1 Å². The summed E-state index contributed by atoms with van der Waals surface area (Å²) in [5.74, 6) is 0.832. The van der Waals surface area contributed by atoms with Crippen molar-refractivity contribution in [2.45, 2.75) is 57.8 Å². The maximum Gasteiger partial charge on any atom is 0.410 e. The van der Waals surface area contributed by atoms with Crippen LogP contribution in [0.5, 0.6) is 0 Å². The zero-order valence-corrected chi connectivity index (χ0v) is 21.0. The Labute approximate surface area is 207 Å². The molecule has 0 radical (unpaired) electrons. The largest absolute Gasteiger partial charge is 0.444 e. The number of aromatic nitrogens is 1. The highest BCUT2D eigenvalue weighted by atomic mass is 16.6. The van der Waals surface area contributed by atoms with Gasteiger partial charge in [-0.1, -0.05) is 0 Å². The molecule has 3 amide bonds. The molecule has 3 saturated heterocycles. The van der Waals surface area contributed by atoms with Crippen LogP contribution in [-0.4, -0.2) is 102 Å². The molecule has 0 aromatic carbocycles.